The van der Waals surface area contributed by atoms with Gasteiger partial charge >= 0.3 is 5.97 Å². The summed E-state index contributed by atoms with van der Waals surface area (Å²) >= 11 is 0. The second-order valence-electron chi connectivity index (χ2n) is 6.04. The largest absolute Gasteiger partial charge is 0.492 e. The lowest BCUT2D eigenvalue weighted by atomic mass is 9.95. The Morgan fingerprint density at radius 1 is 1.29 bits per heavy atom. The predicted octanol–water partition coefficient (Wildman–Crippen LogP) is 2.81. The summed E-state index contributed by atoms with van der Waals surface area (Å²) in [7, 11) is 3.37. The minimum absolute atomic E-state index is 0.264. The molecule has 0 saturated carbocycles. The van der Waals surface area contributed by atoms with Crippen LogP contribution in [0.4, 0.5) is 0 Å². The quantitative estimate of drug-likeness (QED) is 0.749. The molecule has 0 aliphatic carbocycles. The number of hydrogen-bond donors (Lipinski definition) is 1. The van der Waals surface area contributed by atoms with Gasteiger partial charge in [-0.1, -0.05) is 12.1 Å². The fourth-order valence-electron chi connectivity index (χ4n) is 1.88. The molecule has 0 fully saturated rings. The molecule has 0 spiro atoms. The highest BCUT2D eigenvalue weighted by Gasteiger charge is 2.29. The number of benzene rings is 1. The van der Waals surface area contributed by atoms with Gasteiger partial charge in [0.15, 0.2) is 0 Å². The van der Waals surface area contributed by atoms with E-state index in [-0.39, 0.29) is 5.97 Å². The molecule has 0 aliphatic heterocycles. The average Bonchev–Trinajstić information content (AvgIpc) is 2.50. The molecule has 0 aliphatic rings. The number of rotatable bonds is 8. The SMILES string of the molecule is CNC(C)CCc1ccc(OCC(C)(C)C(=O)OC)cc1. The van der Waals surface area contributed by atoms with Gasteiger partial charge in [-0.05, 0) is 58.4 Å². The lowest BCUT2D eigenvalue weighted by molar-refractivity contribution is -0.152. The summed E-state index contributed by atoms with van der Waals surface area (Å²) in [4.78, 5) is 11.6. The number of ether oxygens (including phenoxy) is 2. The summed E-state index contributed by atoms with van der Waals surface area (Å²) in [6.45, 7) is 6.10. The molecule has 21 heavy (non-hydrogen) atoms. The number of nitrogens with one attached hydrogen (secondary N) is 1. The van der Waals surface area contributed by atoms with Crippen LogP contribution in [0.25, 0.3) is 0 Å². The first-order valence-electron chi connectivity index (χ1n) is 7.36. The Balaban J connectivity index is 2.49. The molecule has 1 atom stereocenters. The molecule has 1 N–H and O–H groups in total. The minimum Gasteiger partial charge on any atom is -0.492 e. The summed E-state index contributed by atoms with van der Waals surface area (Å²) in [5, 5.41) is 3.23. The zero-order valence-corrected chi connectivity index (χ0v) is 13.7. The predicted molar refractivity (Wildman–Crippen MR) is 84.6 cm³/mol. The number of esters is 1. The van der Waals surface area contributed by atoms with Gasteiger partial charge in [0, 0.05) is 6.04 Å². The Hall–Kier alpha value is -1.55. The highest BCUT2D eigenvalue weighted by molar-refractivity contribution is 5.75. The van der Waals surface area contributed by atoms with Crippen LogP contribution in [0.3, 0.4) is 0 Å². The van der Waals surface area contributed by atoms with Crippen molar-refractivity contribution in [2.45, 2.75) is 39.7 Å². The van der Waals surface area contributed by atoms with Gasteiger partial charge in [0.1, 0.15) is 12.4 Å². The number of aryl methyl sites for hydroxylation is 1. The molecule has 1 rings (SSSR count). The lowest BCUT2D eigenvalue weighted by Crippen LogP contribution is -2.32. The van der Waals surface area contributed by atoms with Crippen molar-refractivity contribution in [3.05, 3.63) is 29.8 Å². The van der Waals surface area contributed by atoms with Gasteiger partial charge in [-0.2, -0.15) is 0 Å². The summed E-state index contributed by atoms with van der Waals surface area (Å²) < 4.78 is 10.4. The third kappa shape index (κ3) is 5.76. The van der Waals surface area contributed by atoms with Crippen LogP contribution in [-0.4, -0.2) is 32.8 Å². The van der Waals surface area contributed by atoms with Crippen molar-refractivity contribution in [2.75, 3.05) is 20.8 Å². The van der Waals surface area contributed by atoms with Crippen LogP contribution >= 0.6 is 0 Å². The van der Waals surface area contributed by atoms with Gasteiger partial charge in [0.25, 0.3) is 0 Å². The molecular weight excluding hydrogens is 266 g/mol. The molecule has 4 heteroatoms. The van der Waals surface area contributed by atoms with Crippen LogP contribution in [0.15, 0.2) is 24.3 Å². The van der Waals surface area contributed by atoms with E-state index in [4.69, 9.17) is 9.47 Å². The molecule has 118 valence electrons. The standard InChI is InChI=1S/C17H27NO3/c1-13(18-4)6-7-14-8-10-15(11-9-14)21-12-17(2,3)16(19)20-5/h8-11,13,18H,6-7,12H2,1-5H3. The van der Waals surface area contributed by atoms with Gasteiger partial charge < -0.3 is 14.8 Å². The molecule has 0 bridgehead atoms. The van der Waals surface area contributed by atoms with E-state index in [9.17, 15) is 4.79 Å². The maximum atomic E-state index is 11.6. The van der Waals surface area contributed by atoms with Crippen LogP contribution < -0.4 is 10.1 Å². The van der Waals surface area contributed by atoms with E-state index in [1.165, 1.54) is 12.7 Å². The van der Waals surface area contributed by atoms with E-state index >= 15 is 0 Å². The Bertz CT molecular complexity index is 440. The van der Waals surface area contributed by atoms with Crippen LogP contribution in [0.5, 0.6) is 5.75 Å². The second kappa shape index (κ2) is 8.03. The van der Waals surface area contributed by atoms with Gasteiger partial charge in [0.05, 0.1) is 12.5 Å². The maximum Gasteiger partial charge on any atom is 0.314 e. The van der Waals surface area contributed by atoms with E-state index in [0.717, 1.165) is 18.6 Å². The number of carbonyl (C=O) groups is 1. The van der Waals surface area contributed by atoms with E-state index in [1.807, 2.05) is 33.0 Å². The normalized spacial score (nSPS) is 12.8. The summed E-state index contributed by atoms with van der Waals surface area (Å²) in [5.74, 6) is 0.512. The molecule has 0 radical (unpaired) electrons. The third-order valence-electron chi connectivity index (χ3n) is 3.62. The Labute approximate surface area is 127 Å². The maximum absolute atomic E-state index is 11.6. The number of carbonyl (C=O) groups excluding carboxylic acids is 1. The Morgan fingerprint density at radius 2 is 1.90 bits per heavy atom. The average molecular weight is 293 g/mol. The highest BCUT2D eigenvalue weighted by Crippen LogP contribution is 2.21. The molecule has 0 amide bonds. The van der Waals surface area contributed by atoms with Crippen molar-refractivity contribution in [1.82, 2.24) is 5.32 Å². The Kier molecular flexibility index (Phi) is 6.69. The van der Waals surface area contributed by atoms with Crippen LogP contribution in [0.2, 0.25) is 0 Å². The van der Waals surface area contributed by atoms with Crippen molar-refractivity contribution >= 4 is 5.97 Å². The fourth-order valence-corrected chi connectivity index (χ4v) is 1.88. The van der Waals surface area contributed by atoms with Gasteiger partial charge in [-0.25, -0.2) is 0 Å². The second-order valence-corrected chi connectivity index (χ2v) is 6.04. The molecule has 0 aromatic heterocycles. The zero-order valence-electron chi connectivity index (χ0n) is 13.7. The first kappa shape index (κ1) is 17.5. The highest BCUT2D eigenvalue weighted by atomic mass is 16.5. The molecular formula is C17H27NO3. The summed E-state index contributed by atoms with van der Waals surface area (Å²) in [5.41, 5.74) is 0.645. The van der Waals surface area contributed by atoms with Gasteiger partial charge in [0.2, 0.25) is 0 Å². The van der Waals surface area contributed by atoms with Crippen molar-refractivity contribution in [3.8, 4) is 5.75 Å². The van der Waals surface area contributed by atoms with Crippen LogP contribution in [-0.2, 0) is 16.0 Å². The van der Waals surface area contributed by atoms with E-state index in [1.54, 1.807) is 0 Å². The number of methoxy groups -OCH3 is 1. The fraction of sp³-hybridized carbons (Fsp3) is 0.588. The Morgan fingerprint density at radius 3 is 2.43 bits per heavy atom. The van der Waals surface area contributed by atoms with Crippen LogP contribution in [0.1, 0.15) is 32.8 Å². The zero-order chi connectivity index (χ0) is 15.9. The number of hydrogen-bond acceptors (Lipinski definition) is 4. The van der Waals surface area contributed by atoms with Gasteiger partial charge in [-0.15, -0.1) is 0 Å². The third-order valence-corrected chi connectivity index (χ3v) is 3.62. The molecule has 1 aromatic carbocycles. The van der Waals surface area contributed by atoms with Crippen molar-refractivity contribution < 1.29 is 14.3 Å². The van der Waals surface area contributed by atoms with E-state index < -0.39 is 5.41 Å². The first-order chi connectivity index (χ1) is 9.89. The summed E-state index contributed by atoms with van der Waals surface area (Å²) in [6, 6.07) is 8.56. The van der Waals surface area contributed by atoms with Gasteiger partial charge in [-0.3, -0.25) is 4.79 Å². The lowest BCUT2D eigenvalue weighted by Gasteiger charge is -2.21. The molecule has 0 saturated heterocycles. The van der Waals surface area contributed by atoms with Crippen LogP contribution in [0, 0.1) is 5.41 Å². The molecule has 1 aromatic rings. The topological polar surface area (TPSA) is 47.6 Å². The molecule has 1 unspecified atom stereocenters. The van der Waals surface area contributed by atoms with E-state index in [2.05, 4.69) is 24.4 Å². The molecule has 4 nitrogen and oxygen atoms in total. The van der Waals surface area contributed by atoms with Crippen molar-refractivity contribution in [2.24, 2.45) is 5.41 Å². The first-order valence-corrected chi connectivity index (χ1v) is 7.36. The smallest absolute Gasteiger partial charge is 0.314 e. The minimum atomic E-state index is -0.643. The summed E-state index contributed by atoms with van der Waals surface area (Å²) in [6.07, 6.45) is 2.14. The van der Waals surface area contributed by atoms with Crippen molar-refractivity contribution in [3.63, 3.8) is 0 Å². The van der Waals surface area contributed by atoms with E-state index in [0.29, 0.717) is 12.6 Å². The molecule has 0 heterocycles. The monoisotopic (exact) mass is 293 g/mol. The van der Waals surface area contributed by atoms with Crippen molar-refractivity contribution in [1.29, 1.82) is 0 Å².